The van der Waals surface area contributed by atoms with Gasteiger partial charge in [0.2, 0.25) is 5.88 Å². The first-order valence-electron chi connectivity index (χ1n) is 7.90. The number of rotatable bonds is 4. The van der Waals surface area contributed by atoms with E-state index in [4.69, 9.17) is 27.9 Å². The van der Waals surface area contributed by atoms with E-state index in [1.54, 1.807) is 24.4 Å². The molecule has 3 aromatic rings. The molecule has 4 rings (SSSR count). The molecule has 1 atom stereocenters. The topological polar surface area (TPSA) is 73.1 Å². The van der Waals surface area contributed by atoms with E-state index in [1.807, 2.05) is 6.07 Å². The zero-order chi connectivity index (χ0) is 18.3. The largest absolute Gasteiger partial charge is 0.505 e. The number of hydrogen-bond donors (Lipinski definition) is 2. The number of phenolic OH excluding ortho intramolecular Hbond substituents is 1. The third-order valence-corrected chi connectivity index (χ3v) is 5.12. The van der Waals surface area contributed by atoms with Crippen molar-refractivity contribution < 1.29 is 9.84 Å². The lowest BCUT2D eigenvalue weighted by atomic mass is 10.1. The lowest BCUT2D eigenvalue weighted by Crippen LogP contribution is -2.09. The second-order valence-corrected chi connectivity index (χ2v) is 7.15. The number of pyridine rings is 1. The quantitative estimate of drug-likeness (QED) is 0.509. The Kier molecular flexibility index (Phi) is 4.69. The Morgan fingerprint density at radius 1 is 1.27 bits per heavy atom. The van der Waals surface area contributed by atoms with Gasteiger partial charge in [-0.3, -0.25) is 0 Å². The number of thiol groups is 1. The van der Waals surface area contributed by atoms with Gasteiger partial charge in [0, 0.05) is 34.2 Å². The molecule has 0 bridgehead atoms. The lowest BCUT2D eigenvalue weighted by Gasteiger charge is -2.10. The summed E-state index contributed by atoms with van der Waals surface area (Å²) >= 11 is 16.4. The van der Waals surface area contributed by atoms with Gasteiger partial charge in [0.1, 0.15) is 11.4 Å². The predicted molar refractivity (Wildman–Crippen MR) is 105 cm³/mol. The van der Waals surface area contributed by atoms with Gasteiger partial charge in [-0.05, 0) is 24.3 Å². The summed E-state index contributed by atoms with van der Waals surface area (Å²) in [6.07, 6.45) is 3.78. The van der Waals surface area contributed by atoms with Crippen LogP contribution in [0.3, 0.4) is 0 Å². The minimum Gasteiger partial charge on any atom is -0.505 e. The van der Waals surface area contributed by atoms with E-state index in [1.165, 1.54) is 4.80 Å². The monoisotopic (exact) mass is 408 g/mol. The number of hydrogen-bond acceptors (Lipinski definition) is 6. The summed E-state index contributed by atoms with van der Waals surface area (Å²) in [6, 6.07) is 5.26. The zero-order valence-electron chi connectivity index (χ0n) is 13.4. The summed E-state index contributed by atoms with van der Waals surface area (Å²) in [7, 11) is 0. The fraction of sp³-hybridized carbons (Fsp3) is 0.235. The van der Waals surface area contributed by atoms with Crippen molar-refractivity contribution in [3.05, 3.63) is 40.8 Å². The predicted octanol–water partition coefficient (Wildman–Crippen LogP) is 3.57. The third kappa shape index (κ3) is 3.00. The van der Waals surface area contributed by atoms with E-state index in [0.717, 1.165) is 5.69 Å². The van der Waals surface area contributed by atoms with Crippen molar-refractivity contribution in [2.75, 3.05) is 12.4 Å². The number of aromatic hydroxyl groups is 1. The van der Waals surface area contributed by atoms with Crippen LogP contribution in [-0.2, 0) is 6.42 Å². The molecule has 0 fully saturated rings. The van der Waals surface area contributed by atoms with Gasteiger partial charge in [0.25, 0.3) is 0 Å². The molecule has 1 aliphatic rings. The van der Waals surface area contributed by atoms with E-state index < -0.39 is 0 Å². The Morgan fingerprint density at radius 2 is 2.12 bits per heavy atom. The number of fused-ring (bicyclic) bond motifs is 2. The Bertz CT molecular complexity index is 1020. The van der Waals surface area contributed by atoms with Crippen LogP contribution in [0.2, 0.25) is 0 Å². The molecule has 1 unspecified atom stereocenters. The number of aromatic nitrogens is 4. The van der Waals surface area contributed by atoms with Crippen molar-refractivity contribution in [3.63, 3.8) is 0 Å². The third-order valence-electron chi connectivity index (χ3n) is 4.06. The Morgan fingerprint density at radius 3 is 2.92 bits per heavy atom. The Labute approximate surface area is 164 Å². The van der Waals surface area contributed by atoms with E-state index in [-0.39, 0.29) is 11.1 Å². The van der Waals surface area contributed by atoms with Gasteiger partial charge >= 0.3 is 0 Å². The van der Waals surface area contributed by atoms with E-state index in [0.29, 0.717) is 51.8 Å². The summed E-state index contributed by atoms with van der Waals surface area (Å²) in [5.74, 6) is 1.07. The molecule has 0 spiro atoms. The summed E-state index contributed by atoms with van der Waals surface area (Å²) < 4.78 is 5.59. The summed E-state index contributed by atoms with van der Waals surface area (Å²) in [5.41, 5.74) is 1.84. The van der Waals surface area contributed by atoms with Gasteiger partial charge in [-0.25, -0.2) is 4.98 Å². The number of phenols is 1. The van der Waals surface area contributed by atoms with Gasteiger partial charge in [-0.15, -0.1) is 21.5 Å². The van der Waals surface area contributed by atoms with Crippen molar-refractivity contribution >= 4 is 52.7 Å². The van der Waals surface area contributed by atoms with E-state index in [2.05, 4.69) is 27.8 Å². The molecule has 26 heavy (non-hydrogen) atoms. The molecule has 2 heterocycles. The number of halogens is 2. The van der Waals surface area contributed by atoms with E-state index in [9.17, 15) is 5.11 Å². The molecular formula is C17H14Cl2N4O2S. The number of alkyl halides is 1. The molecule has 1 N–H and O–H groups in total. The first-order valence-corrected chi connectivity index (χ1v) is 9.35. The maximum atomic E-state index is 10.8. The van der Waals surface area contributed by atoms with Crippen LogP contribution in [0.4, 0.5) is 0 Å². The van der Waals surface area contributed by atoms with E-state index >= 15 is 0 Å². The molecule has 6 nitrogen and oxygen atoms in total. The lowest BCUT2D eigenvalue weighted by molar-refractivity contribution is 0.335. The number of nitrogens with zero attached hydrogens (tertiary/aromatic N) is 4. The SMILES string of the molecule is Oc1c(-n2nc3c(n2)CC(Cl)C(Cl)=C3)ccc2c(OCCS)nccc12. The first kappa shape index (κ1) is 17.5. The normalized spacial score (nSPS) is 16.4. The maximum absolute atomic E-state index is 10.8. The van der Waals surface area contributed by atoms with Crippen LogP contribution in [0.25, 0.3) is 22.5 Å². The van der Waals surface area contributed by atoms with Gasteiger partial charge in [-0.2, -0.15) is 17.7 Å². The van der Waals surface area contributed by atoms with Gasteiger partial charge in [-0.1, -0.05) is 11.6 Å². The fourth-order valence-electron chi connectivity index (χ4n) is 2.82. The minimum atomic E-state index is -0.308. The molecular weight excluding hydrogens is 395 g/mol. The molecule has 0 radical (unpaired) electrons. The van der Waals surface area contributed by atoms with Gasteiger partial charge in [0.05, 0.1) is 17.7 Å². The Hall–Kier alpha value is -1.96. The van der Waals surface area contributed by atoms with Gasteiger partial charge < -0.3 is 9.84 Å². The molecule has 134 valence electrons. The molecule has 2 aromatic heterocycles. The van der Waals surface area contributed by atoms with Crippen LogP contribution in [0.15, 0.2) is 29.4 Å². The summed E-state index contributed by atoms with van der Waals surface area (Å²) in [5, 5.41) is 21.1. The maximum Gasteiger partial charge on any atom is 0.221 e. The zero-order valence-corrected chi connectivity index (χ0v) is 15.8. The van der Waals surface area contributed by atoms with Crippen LogP contribution < -0.4 is 4.74 Å². The summed E-state index contributed by atoms with van der Waals surface area (Å²) in [6.45, 7) is 0.428. The van der Waals surface area contributed by atoms with Crippen LogP contribution in [0, 0.1) is 0 Å². The van der Waals surface area contributed by atoms with Crippen molar-refractivity contribution in [2.45, 2.75) is 11.8 Å². The van der Waals surface area contributed by atoms with Crippen molar-refractivity contribution in [2.24, 2.45) is 0 Å². The van der Waals surface area contributed by atoms with Crippen molar-refractivity contribution in [1.82, 2.24) is 20.0 Å². The second-order valence-electron chi connectivity index (χ2n) is 5.74. The molecule has 0 saturated heterocycles. The standard InChI is InChI=1S/C17H14Cl2N4O2S/c18-11-7-13-14(8-12(11)19)22-23(21-13)15-2-1-10-9(16(15)24)3-4-20-17(10)25-5-6-26/h1-4,7,12,24,26H,5-6,8H2. The minimum absolute atomic E-state index is 0.0467. The highest BCUT2D eigenvalue weighted by Crippen LogP contribution is 2.35. The van der Waals surface area contributed by atoms with Crippen LogP contribution in [0.5, 0.6) is 11.6 Å². The molecule has 0 aliphatic heterocycles. The second kappa shape index (κ2) is 6.98. The average Bonchev–Trinajstić information content (AvgIpc) is 3.03. The summed E-state index contributed by atoms with van der Waals surface area (Å²) in [4.78, 5) is 5.61. The van der Waals surface area contributed by atoms with Crippen molar-refractivity contribution in [3.8, 4) is 17.3 Å². The smallest absolute Gasteiger partial charge is 0.221 e. The highest BCUT2D eigenvalue weighted by Gasteiger charge is 2.23. The number of ether oxygens (including phenoxy) is 1. The van der Waals surface area contributed by atoms with Crippen molar-refractivity contribution in [1.29, 1.82) is 0 Å². The molecule has 0 amide bonds. The molecule has 0 saturated carbocycles. The van der Waals surface area contributed by atoms with Crippen LogP contribution in [0.1, 0.15) is 11.4 Å². The fourth-order valence-corrected chi connectivity index (χ4v) is 3.30. The molecule has 1 aliphatic carbocycles. The van der Waals surface area contributed by atoms with Gasteiger partial charge in [0.15, 0.2) is 5.75 Å². The highest BCUT2D eigenvalue weighted by molar-refractivity contribution is 7.80. The first-order chi connectivity index (χ1) is 12.6. The van der Waals surface area contributed by atoms with Crippen LogP contribution >= 0.6 is 35.8 Å². The highest BCUT2D eigenvalue weighted by atomic mass is 35.5. The number of allylic oxidation sites excluding steroid dienone is 1. The Balaban J connectivity index is 1.79. The average molecular weight is 409 g/mol. The molecule has 1 aromatic carbocycles. The molecule has 9 heteroatoms. The van der Waals surface area contributed by atoms with Crippen LogP contribution in [-0.4, -0.2) is 42.8 Å². The number of benzene rings is 1.